The first-order valence-corrected chi connectivity index (χ1v) is 15.3. The zero-order chi connectivity index (χ0) is 27.7. The topological polar surface area (TPSA) is 142 Å². The number of carbonyl (C=O) groups excluding carboxylic acids is 2. The van der Waals surface area contributed by atoms with Crippen LogP contribution in [0.25, 0.3) is 10.8 Å². The molecule has 1 saturated carbocycles. The number of carbonyl (C=O) groups is 2. The van der Waals surface area contributed by atoms with Gasteiger partial charge < -0.3 is 21.5 Å². The van der Waals surface area contributed by atoms with E-state index in [1.165, 1.54) is 10.6 Å². The molecule has 38 heavy (non-hydrogen) atoms. The van der Waals surface area contributed by atoms with Crippen molar-refractivity contribution in [2.75, 3.05) is 25.9 Å². The van der Waals surface area contributed by atoms with Crippen molar-refractivity contribution in [1.29, 1.82) is 0 Å². The van der Waals surface area contributed by atoms with Gasteiger partial charge in [-0.15, -0.1) is 0 Å². The molecule has 9 nitrogen and oxygen atoms in total. The molecule has 2 aromatic rings. The van der Waals surface area contributed by atoms with E-state index in [4.69, 9.17) is 5.73 Å². The average Bonchev–Trinajstić information content (AvgIpc) is 3.18. The summed E-state index contributed by atoms with van der Waals surface area (Å²) in [6, 6.07) is 12.7. The van der Waals surface area contributed by atoms with E-state index in [1.54, 1.807) is 6.92 Å². The van der Waals surface area contributed by atoms with Gasteiger partial charge in [0, 0.05) is 38.0 Å². The maximum Gasteiger partial charge on any atom is 0.243 e. The van der Waals surface area contributed by atoms with Crippen LogP contribution in [-0.2, 0) is 26.0 Å². The summed E-state index contributed by atoms with van der Waals surface area (Å²) in [6.45, 7) is 1.72. The first kappa shape index (κ1) is 30.0. The fraction of sp³-hybridized carbons (Fsp3) is 0.571. The number of amides is 2. The van der Waals surface area contributed by atoms with Crippen LogP contribution in [0.3, 0.4) is 0 Å². The van der Waals surface area contributed by atoms with E-state index in [1.807, 2.05) is 42.5 Å². The highest BCUT2D eigenvalue weighted by Gasteiger charge is 2.32. The van der Waals surface area contributed by atoms with Gasteiger partial charge >= 0.3 is 0 Å². The lowest BCUT2D eigenvalue weighted by Gasteiger charge is -2.31. The molecule has 0 aliphatic heterocycles. The molecule has 3 rings (SSSR count). The summed E-state index contributed by atoms with van der Waals surface area (Å²) in [6.07, 6.45) is 6.25. The standard InChI is InChI=1S/C28H42N4O5S/c1-20(19-32(38(2,36)37)24-11-5-3-4-6-12-24)27(34)31-26(28(35)30-18-25(33)17-29)16-21-13-14-22-9-7-8-10-23(22)15-21/h7-10,13-15,20,24-26,33H,3-6,11-12,16-19,29H2,1-2H3,(H,30,35)(H,31,34). The van der Waals surface area contributed by atoms with Crippen molar-refractivity contribution in [2.24, 2.45) is 11.7 Å². The van der Waals surface area contributed by atoms with Crippen LogP contribution in [-0.4, -0.2) is 73.7 Å². The number of hydrogen-bond acceptors (Lipinski definition) is 6. The van der Waals surface area contributed by atoms with Gasteiger partial charge in [0.2, 0.25) is 21.8 Å². The van der Waals surface area contributed by atoms with Crippen LogP contribution in [0, 0.1) is 5.92 Å². The van der Waals surface area contributed by atoms with Crippen LogP contribution in [0.5, 0.6) is 0 Å². The molecule has 10 heteroatoms. The van der Waals surface area contributed by atoms with Crippen molar-refractivity contribution >= 4 is 32.6 Å². The molecule has 0 radical (unpaired) electrons. The maximum atomic E-state index is 13.3. The quantitative estimate of drug-likeness (QED) is 0.300. The number of rotatable bonds is 12. The van der Waals surface area contributed by atoms with Crippen molar-refractivity contribution in [3.05, 3.63) is 48.0 Å². The number of sulfonamides is 1. The number of hydrogen-bond donors (Lipinski definition) is 4. The summed E-state index contributed by atoms with van der Waals surface area (Å²) in [5.41, 5.74) is 6.33. The molecule has 5 N–H and O–H groups in total. The minimum Gasteiger partial charge on any atom is -0.390 e. The van der Waals surface area contributed by atoms with Crippen LogP contribution in [0.1, 0.15) is 51.0 Å². The molecule has 0 saturated heterocycles. The minimum absolute atomic E-state index is 0.00150. The summed E-state index contributed by atoms with van der Waals surface area (Å²) < 4.78 is 26.8. The highest BCUT2D eigenvalue weighted by molar-refractivity contribution is 7.88. The lowest BCUT2D eigenvalue weighted by molar-refractivity contribution is -0.131. The smallest absolute Gasteiger partial charge is 0.243 e. The van der Waals surface area contributed by atoms with Crippen molar-refractivity contribution in [3.8, 4) is 0 Å². The van der Waals surface area contributed by atoms with Gasteiger partial charge in [-0.2, -0.15) is 4.31 Å². The van der Waals surface area contributed by atoms with Crippen LogP contribution in [0.4, 0.5) is 0 Å². The van der Waals surface area contributed by atoms with E-state index >= 15 is 0 Å². The summed E-state index contributed by atoms with van der Waals surface area (Å²) >= 11 is 0. The molecule has 0 heterocycles. The summed E-state index contributed by atoms with van der Waals surface area (Å²) in [5.74, 6) is -1.49. The van der Waals surface area contributed by atoms with Crippen molar-refractivity contribution < 1.29 is 23.1 Å². The predicted molar refractivity (Wildman–Crippen MR) is 150 cm³/mol. The van der Waals surface area contributed by atoms with Gasteiger partial charge in [-0.05, 0) is 29.2 Å². The number of benzene rings is 2. The second-order valence-corrected chi connectivity index (χ2v) is 12.4. The van der Waals surface area contributed by atoms with E-state index in [0.717, 1.165) is 54.9 Å². The molecule has 0 bridgehead atoms. The molecule has 3 atom stereocenters. The molecule has 2 amide bonds. The Morgan fingerprint density at radius 2 is 1.71 bits per heavy atom. The third-order valence-corrected chi connectivity index (χ3v) is 8.53. The SMILES string of the molecule is CC(CN(C1CCCCCC1)S(C)(=O)=O)C(=O)NC(Cc1ccc2ccccc2c1)C(=O)NCC(O)CN. The Morgan fingerprint density at radius 1 is 1.05 bits per heavy atom. The lowest BCUT2D eigenvalue weighted by Crippen LogP contribution is -2.52. The number of aliphatic hydroxyl groups is 1. The van der Waals surface area contributed by atoms with Crippen LogP contribution >= 0.6 is 0 Å². The molecular weight excluding hydrogens is 504 g/mol. The van der Waals surface area contributed by atoms with Gasteiger partial charge in [0.25, 0.3) is 0 Å². The highest BCUT2D eigenvalue weighted by Crippen LogP contribution is 2.25. The fourth-order valence-corrected chi connectivity index (χ4v) is 6.25. The Balaban J connectivity index is 1.75. The van der Waals surface area contributed by atoms with E-state index < -0.39 is 39.9 Å². The Labute approximate surface area is 226 Å². The second kappa shape index (κ2) is 14.0. The third-order valence-electron chi connectivity index (χ3n) is 7.23. The van der Waals surface area contributed by atoms with Crippen molar-refractivity contribution in [2.45, 2.75) is 70.1 Å². The summed E-state index contributed by atoms with van der Waals surface area (Å²) in [7, 11) is -3.51. The predicted octanol–water partition coefficient (Wildman–Crippen LogP) is 1.92. The van der Waals surface area contributed by atoms with Gasteiger partial charge in [0.1, 0.15) is 6.04 Å². The third kappa shape index (κ3) is 8.76. The van der Waals surface area contributed by atoms with E-state index in [2.05, 4.69) is 10.6 Å². The normalized spacial score (nSPS) is 17.5. The molecular formula is C28H42N4O5S. The molecule has 3 unspecified atom stereocenters. The highest BCUT2D eigenvalue weighted by atomic mass is 32.2. The molecule has 2 aromatic carbocycles. The van der Waals surface area contributed by atoms with Gasteiger partial charge in [0.05, 0.1) is 12.4 Å². The summed E-state index contributed by atoms with van der Waals surface area (Å²) in [5, 5.41) is 17.4. The molecule has 1 aliphatic rings. The van der Waals surface area contributed by atoms with Crippen LogP contribution < -0.4 is 16.4 Å². The Bertz CT molecular complexity index is 1180. The Hall–Kier alpha value is -2.53. The maximum absolute atomic E-state index is 13.3. The molecule has 210 valence electrons. The molecule has 1 fully saturated rings. The zero-order valence-electron chi connectivity index (χ0n) is 22.4. The number of fused-ring (bicyclic) bond motifs is 1. The van der Waals surface area contributed by atoms with Crippen molar-refractivity contribution in [1.82, 2.24) is 14.9 Å². The number of aliphatic hydroxyl groups excluding tert-OH is 1. The zero-order valence-corrected chi connectivity index (χ0v) is 23.3. The molecule has 1 aliphatic carbocycles. The monoisotopic (exact) mass is 546 g/mol. The van der Waals surface area contributed by atoms with E-state index in [9.17, 15) is 23.1 Å². The lowest BCUT2D eigenvalue weighted by atomic mass is 10.00. The number of nitrogens with zero attached hydrogens (tertiary/aromatic N) is 1. The van der Waals surface area contributed by atoms with Gasteiger partial charge in [-0.1, -0.05) is 75.1 Å². The summed E-state index contributed by atoms with van der Waals surface area (Å²) in [4.78, 5) is 26.4. The van der Waals surface area contributed by atoms with Crippen molar-refractivity contribution in [3.63, 3.8) is 0 Å². The van der Waals surface area contributed by atoms with Gasteiger partial charge in [0.15, 0.2) is 0 Å². The van der Waals surface area contributed by atoms with Gasteiger partial charge in [-0.3, -0.25) is 9.59 Å². The molecule has 0 aromatic heterocycles. The first-order chi connectivity index (χ1) is 18.1. The first-order valence-electron chi connectivity index (χ1n) is 13.5. The van der Waals surface area contributed by atoms with Crippen LogP contribution in [0.2, 0.25) is 0 Å². The minimum atomic E-state index is -3.51. The average molecular weight is 547 g/mol. The Morgan fingerprint density at radius 3 is 2.34 bits per heavy atom. The van der Waals surface area contributed by atoms with E-state index in [0.29, 0.717) is 0 Å². The van der Waals surface area contributed by atoms with E-state index in [-0.39, 0.29) is 32.1 Å². The molecule has 0 spiro atoms. The number of nitrogens with two attached hydrogens (primary N) is 1. The van der Waals surface area contributed by atoms with Crippen LogP contribution in [0.15, 0.2) is 42.5 Å². The Kier molecular flexibility index (Phi) is 11.1. The number of nitrogens with one attached hydrogen (secondary N) is 2. The second-order valence-electron chi connectivity index (χ2n) is 10.5. The largest absolute Gasteiger partial charge is 0.390 e. The van der Waals surface area contributed by atoms with Gasteiger partial charge in [-0.25, -0.2) is 8.42 Å². The fourth-order valence-electron chi connectivity index (χ4n) is 5.00.